The molecule has 12 nitrogen and oxygen atoms in total. The van der Waals surface area contributed by atoms with Gasteiger partial charge >= 0.3 is 0 Å². The molecule has 48 heavy (non-hydrogen) atoms. The number of carbonyl (C=O) groups excluding carboxylic acids is 2. The fourth-order valence-electron chi connectivity index (χ4n) is 6.62. The van der Waals surface area contributed by atoms with Gasteiger partial charge in [-0.25, -0.2) is 13.4 Å². The summed E-state index contributed by atoms with van der Waals surface area (Å²) in [6.07, 6.45) is 3.61. The van der Waals surface area contributed by atoms with Crippen LogP contribution in [0.4, 0.5) is 5.69 Å². The van der Waals surface area contributed by atoms with E-state index in [1.165, 1.54) is 4.90 Å². The van der Waals surface area contributed by atoms with E-state index in [-0.39, 0.29) is 40.8 Å². The lowest BCUT2D eigenvalue weighted by Gasteiger charge is -2.43. The molecule has 4 fully saturated rings. The van der Waals surface area contributed by atoms with Crippen LogP contribution >= 0.6 is 23.2 Å². The Balaban J connectivity index is 0.00000145. The third-order valence-electron chi connectivity index (χ3n) is 9.85. The highest BCUT2D eigenvalue weighted by Gasteiger charge is 2.58. The van der Waals surface area contributed by atoms with Crippen LogP contribution in [0, 0.1) is 11.3 Å². The summed E-state index contributed by atoms with van der Waals surface area (Å²) >= 11 is 12.7. The van der Waals surface area contributed by atoms with E-state index in [1.807, 2.05) is 0 Å². The SMILES string of the molecule is CC(C)(C)N1CCN(c2ccc(S(=O)(=O)[C@@H]3C[C@@H](C(=O)NC4(C#N)CC4)N(C(=O)C4(c5ccc(Cl)nc5)CC4)C3)c(Cl)c2)CC1.O=CO. The second-order valence-corrected chi connectivity index (χ2v) is 16.9. The zero-order valence-electron chi connectivity index (χ0n) is 27.2. The quantitative estimate of drug-likeness (QED) is 0.319. The van der Waals surface area contributed by atoms with Crippen molar-refractivity contribution in [1.82, 2.24) is 20.1 Å². The molecule has 2 saturated carbocycles. The molecular weight excluding hydrogens is 679 g/mol. The van der Waals surface area contributed by atoms with E-state index in [0.717, 1.165) is 31.9 Å². The number of carboxylic acid groups (broad SMARTS) is 1. The average molecular weight is 720 g/mol. The number of nitriles is 1. The first-order valence-electron chi connectivity index (χ1n) is 15.9. The van der Waals surface area contributed by atoms with Crippen LogP contribution in [0.3, 0.4) is 0 Å². The molecule has 0 spiro atoms. The third kappa shape index (κ3) is 7.13. The van der Waals surface area contributed by atoms with Crippen molar-refractivity contribution in [3.8, 4) is 6.07 Å². The first-order valence-corrected chi connectivity index (χ1v) is 18.2. The second kappa shape index (κ2) is 13.5. The van der Waals surface area contributed by atoms with Crippen molar-refractivity contribution in [3.05, 3.63) is 52.3 Å². The van der Waals surface area contributed by atoms with E-state index in [2.05, 4.69) is 46.9 Å². The third-order valence-corrected chi connectivity index (χ3v) is 12.7. The molecule has 2 aliphatic heterocycles. The van der Waals surface area contributed by atoms with Gasteiger partial charge in [-0.3, -0.25) is 19.3 Å². The number of halogens is 2. The molecule has 2 aliphatic carbocycles. The lowest BCUT2D eigenvalue weighted by Crippen LogP contribution is -2.53. The Labute approximate surface area is 290 Å². The maximum absolute atomic E-state index is 14.2. The number of carbonyl (C=O) groups is 3. The standard InChI is InChI=1S/C32H38Cl2N6O4S.CH2O2/c1-30(2,3)39-14-12-38(13-15-39)22-5-6-26(24(33)16-22)45(43,44)23-17-25(28(41)37-31(20-35)8-9-31)40(19-23)29(42)32(10-11-32)21-4-7-27(34)36-18-21;2-1-3/h4-7,16,18,23,25H,8-15,17,19H2,1-3H3,(H,37,41);1H,(H,2,3)/t23-,25+;/m1./s1. The molecule has 4 aliphatic rings. The van der Waals surface area contributed by atoms with Crippen LogP contribution in [0.5, 0.6) is 0 Å². The molecule has 1 aromatic heterocycles. The minimum Gasteiger partial charge on any atom is -0.483 e. The number of pyridine rings is 1. The van der Waals surface area contributed by atoms with E-state index in [9.17, 15) is 23.3 Å². The Morgan fingerprint density at radius 3 is 2.23 bits per heavy atom. The van der Waals surface area contributed by atoms with Crippen LogP contribution in [0.15, 0.2) is 41.4 Å². The van der Waals surface area contributed by atoms with Crippen LogP contribution in [0.25, 0.3) is 0 Å². The minimum atomic E-state index is -4.03. The highest BCUT2D eigenvalue weighted by Crippen LogP contribution is 2.51. The maximum Gasteiger partial charge on any atom is 0.290 e. The van der Waals surface area contributed by atoms with Gasteiger partial charge in [-0.1, -0.05) is 29.3 Å². The molecule has 2 saturated heterocycles. The van der Waals surface area contributed by atoms with Gasteiger partial charge in [0.15, 0.2) is 9.84 Å². The summed E-state index contributed by atoms with van der Waals surface area (Å²) in [5.74, 6) is -0.830. The predicted molar refractivity (Wildman–Crippen MR) is 181 cm³/mol. The molecule has 3 heterocycles. The van der Waals surface area contributed by atoms with Crippen molar-refractivity contribution in [2.45, 2.75) is 85.6 Å². The molecule has 2 amide bonds. The first kappa shape index (κ1) is 35.9. The monoisotopic (exact) mass is 718 g/mol. The van der Waals surface area contributed by atoms with Gasteiger partial charge in [0.2, 0.25) is 11.8 Å². The van der Waals surface area contributed by atoms with E-state index in [0.29, 0.717) is 36.4 Å². The van der Waals surface area contributed by atoms with Gasteiger partial charge in [-0.15, -0.1) is 0 Å². The van der Waals surface area contributed by atoms with Gasteiger partial charge < -0.3 is 20.2 Å². The topological polar surface area (TPSA) is 164 Å². The highest BCUT2D eigenvalue weighted by atomic mass is 35.5. The number of rotatable bonds is 7. The van der Waals surface area contributed by atoms with Crippen molar-refractivity contribution in [2.24, 2.45) is 0 Å². The Bertz CT molecular complexity index is 1710. The summed E-state index contributed by atoms with van der Waals surface area (Å²) < 4.78 is 28.2. The molecule has 0 unspecified atom stereocenters. The molecule has 1 aromatic carbocycles. The summed E-state index contributed by atoms with van der Waals surface area (Å²) in [6.45, 7) is 9.53. The molecule has 2 aromatic rings. The number of likely N-dealkylation sites (tertiary alicyclic amines) is 1. The molecule has 0 bridgehead atoms. The van der Waals surface area contributed by atoms with Crippen LogP contribution < -0.4 is 10.2 Å². The number of piperazine rings is 1. The smallest absolute Gasteiger partial charge is 0.290 e. The van der Waals surface area contributed by atoms with E-state index < -0.39 is 38.0 Å². The predicted octanol–water partition coefficient (Wildman–Crippen LogP) is 3.66. The Morgan fingerprint density at radius 1 is 1.08 bits per heavy atom. The van der Waals surface area contributed by atoms with Crippen LogP contribution in [0.1, 0.15) is 58.4 Å². The normalized spacial score (nSPS) is 22.9. The average Bonchev–Trinajstić information content (AvgIpc) is 3.97. The molecule has 2 N–H and O–H groups in total. The van der Waals surface area contributed by atoms with Crippen molar-refractivity contribution in [1.29, 1.82) is 5.26 Å². The van der Waals surface area contributed by atoms with E-state index >= 15 is 0 Å². The molecule has 2 atom stereocenters. The lowest BCUT2D eigenvalue weighted by atomic mass is 9.95. The second-order valence-electron chi connectivity index (χ2n) is 13.9. The molecule has 15 heteroatoms. The van der Waals surface area contributed by atoms with Crippen LogP contribution in [-0.4, -0.2) is 102 Å². The number of aromatic nitrogens is 1. The van der Waals surface area contributed by atoms with Gasteiger partial charge in [0.1, 0.15) is 16.7 Å². The largest absolute Gasteiger partial charge is 0.483 e. The Hall–Kier alpha value is -3.44. The number of anilines is 1. The number of hydrogen-bond donors (Lipinski definition) is 2. The van der Waals surface area contributed by atoms with Crippen LogP contribution in [-0.2, 0) is 29.6 Å². The molecule has 0 radical (unpaired) electrons. The van der Waals surface area contributed by atoms with Crippen LogP contribution in [0.2, 0.25) is 10.2 Å². The Morgan fingerprint density at radius 2 is 1.73 bits per heavy atom. The maximum atomic E-state index is 14.2. The van der Waals surface area contributed by atoms with Gasteiger partial charge in [-0.05, 0) is 82.7 Å². The number of amides is 2. The number of hydrogen-bond acceptors (Lipinski definition) is 9. The van der Waals surface area contributed by atoms with E-state index in [1.54, 1.807) is 36.5 Å². The summed E-state index contributed by atoms with van der Waals surface area (Å²) in [7, 11) is -4.03. The summed E-state index contributed by atoms with van der Waals surface area (Å²) in [5.41, 5.74) is -0.243. The zero-order chi connectivity index (χ0) is 35.1. The highest BCUT2D eigenvalue weighted by molar-refractivity contribution is 7.92. The molecule has 6 rings (SSSR count). The summed E-state index contributed by atoms with van der Waals surface area (Å²) in [5, 5.41) is 18.6. The van der Waals surface area contributed by atoms with E-state index in [4.69, 9.17) is 33.1 Å². The summed E-state index contributed by atoms with van der Waals surface area (Å²) in [6, 6.07) is 9.48. The van der Waals surface area contributed by atoms with Crippen molar-refractivity contribution in [2.75, 3.05) is 37.6 Å². The summed E-state index contributed by atoms with van der Waals surface area (Å²) in [4.78, 5) is 46.2. The fourth-order valence-corrected chi connectivity index (χ4v) is 8.97. The van der Waals surface area contributed by atoms with Gasteiger partial charge in [-0.2, -0.15) is 5.26 Å². The number of nitrogens with one attached hydrogen (secondary N) is 1. The van der Waals surface area contributed by atoms with Crippen molar-refractivity contribution < 1.29 is 27.9 Å². The van der Waals surface area contributed by atoms with Crippen molar-refractivity contribution >= 4 is 57.0 Å². The van der Waals surface area contributed by atoms with Crippen molar-refractivity contribution in [3.63, 3.8) is 0 Å². The fraction of sp³-hybridized carbons (Fsp3) is 0.545. The minimum absolute atomic E-state index is 0.0153. The Kier molecular flexibility index (Phi) is 10.1. The zero-order valence-corrected chi connectivity index (χ0v) is 29.5. The molecular formula is C33H40Cl2N6O6S. The lowest BCUT2D eigenvalue weighted by molar-refractivity contribution is -0.140. The van der Waals surface area contributed by atoms with Gasteiger partial charge in [0, 0.05) is 50.1 Å². The van der Waals surface area contributed by atoms with Gasteiger partial charge in [0.25, 0.3) is 6.47 Å². The number of nitrogens with zero attached hydrogens (tertiary/aromatic N) is 5. The number of benzene rings is 1. The molecule has 258 valence electrons. The first-order chi connectivity index (χ1) is 22.6. The van der Waals surface area contributed by atoms with Gasteiger partial charge in [0.05, 0.1) is 26.7 Å². The number of sulfone groups is 1.